The molecule has 0 heterocycles. The minimum absolute atomic E-state index is 0.109. The van der Waals surface area contributed by atoms with Gasteiger partial charge in [0.2, 0.25) is 0 Å². The van der Waals surface area contributed by atoms with Crippen LogP contribution in [0.3, 0.4) is 0 Å². The minimum atomic E-state index is -1.22. The maximum Gasteiger partial charge on any atom is 0.505 e. The zero-order chi connectivity index (χ0) is 9.68. The maximum absolute atomic E-state index is 10.1. The second-order valence-corrected chi connectivity index (χ2v) is 2.89. The Labute approximate surface area is 77.0 Å². The Balaban J connectivity index is 2.49. The molecule has 0 aliphatic carbocycles. The van der Waals surface area contributed by atoms with Crippen molar-refractivity contribution >= 4 is 6.16 Å². The molecule has 1 aromatic carbocycles. The van der Waals surface area contributed by atoms with E-state index < -0.39 is 6.16 Å². The average molecular weight is 180 g/mol. The first-order valence-corrected chi connectivity index (χ1v) is 4.11. The lowest BCUT2D eigenvalue weighted by atomic mass is 10.0. The van der Waals surface area contributed by atoms with Crippen molar-refractivity contribution in [2.45, 2.75) is 12.8 Å². The van der Waals surface area contributed by atoms with E-state index >= 15 is 0 Å². The molecule has 1 aromatic rings. The molecule has 0 fully saturated rings. The zero-order valence-electron chi connectivity index (χ0n) is 7.43. The quantitative estimate of drug-likeness (QED) is 0.727. The standard InChI is InChI=1S/C10H12O3/c1-8(7-13-10(11)12)9-5-3-2-4-6-9/h2-6,8H,7H2,1H3,(H,11,12). The van der Waals surface area contributed by atoms with Gasteiger partial charge in [-0.15, -0.1) is 0 Å². The highest BCUT2D eigenvalue weighted by Gasteiger charge is 2.06. The number of hydrogen-bond acceptors (Lipinski definition) is 2. The van der Waals surface area contributed by atoms with Gasteiger partial charge in [-0.2, -0.15) is 0 Å². The van der Waals surface area contributed by atoms with Crippen LogP contribution in [0.5, 0.6) is 0 Å². The second-order valence-electron chi connectivity index (χ2n) is 2.89. The molecule has 0 saturated carbocycles. The van der Waals surface area contributed by atoms with Crippen LogP contribution in [0.25, 0.3) is 0 Å². The van der Waals surface area contributed by atoms with E-state index in [1.807, 2.05) is 37.3 Å². The summed E-state index contributed by atoms with van der Waals surface area (Å²) in [5, 5.41) is 8.29. The van der Waals surface area contributed by atoms with Crippen LogP contribution in [-0.4, -0.2) is 17.9 Å². The van der Waals surface area contributed by atoms with E-state index in [0.717, 1.165) is 5.56 Å². The summed E-state index contributed by atoms with van der Waals surface area (Å²) in [5.41, 5.74) is 1.09. The largest absolute Gasteiger partial charge is 0.505 e. The lowest BCUT2D eigenvalue weighted by Gasteiger charge is -2.09. The van der Waals surface area contributed by atoms with E-state index in [9.17, 15) is 4.79 Å². The molecule has 0 aliphatic rings. The summed E-state index contributed by atoms with van der Waals surface area (Å²) in [6, 6.07) is 9.68. The first-order valence-electron chi connectivity index (χ1n) is 4.11. The summed E-state index contributed by atoms with van der Waals surface area (Å²) in [7, 11) is 0. The molecule has 0 radical (unpaired) electrons. The van der Waals surface area contributed by atoms with Crippen LogP contribution in [0.2, 0.25) is 0 Å². The van der Waals surface area contributed by atoms with Gasteiger partial charge in [-0.25, -0.2) is 4.79 Å². The second kappa shape index (κ2) is 4.50. The molecule has 1 rings (SSSR count). The minimum Gasteiger partial charge on any atom is -0.450 e. The molecule has 0 saturated heterocycles. The molecule has 3 heteroatoms. The number of rotatable bonds is 3. The molecule has 1 N–H and O–H groups in total. The molecule has 0 aromatic heterocycles. The van der Waals surface area contributed by atoms with E-state index in [1.54, 1.807) is 0 Å². The lowest BCUT2D eigenvalue weighted by molar-refractivity contribution is 0.0872. The van der Waals surface area contributed by atoms with Crippen LogP contribution in [0.4, 0.5) is 4.79 Å². The first-order chi connectivity index (χ1) is 6.20. The molecule has 0 amide bonds. The lowest BCUT2D eigenvalue weighted by Crippen LogP contribution is -2.08. The molecule has 70 valence electrons. The van der Waals surface area contributed by atoms with Crippen molar-refractivity contribution in [2.24, 2.45) is 0 Å². The van der Waals surface area contributed by atoms with Crippen LogP contribution in [-0.2, 0) is 4.74 Å². The van der Waals surface area contributed by atoms with Gasteiger partial charge in [0.15, 0.2) is 0 Å². The normalized spacial score (nSPS) is 12.1. The van der Waals surface area contributed by atoms with Gasteiger partial charge in [-0.1, -0.05) is 37.3 Å². The Bertz CT molecular complexity index is 269. The number of ether oxygens (including phenoxy) is 1. The molecular formula is C10H12O3. The van der Waals surface area contributed by atoms with Crippen molar-refractivity contribution in [3.8, 4) is 0 Å². The van der Waals surface area contributed by atoms with E-state index in [0.29, 0.717) is 0 Å². The third-order valence-electron chi connectivity index (χ3n) is 1.83. The van der Waals surface area contributed by atoms with Gasteiger partial charge < -0.3 is 9.84 Å². The van der Waals surface area contributed by atoms with Crippen molar-refractivity contribution in [1.82, 2.24) is 0 Å². The molecular weight excluding hydrogens is 168 g/mol. The Kier molecular flexibility index (Phi) is 3.31. The summed E-state index contributed by atoms with van der Waals surface area (Å²) in [4.78, 5) is 10.1. The van der Waals surface area contributed by atoms with E-state index in [4.69, 9.17) is 5.11 Å². The van der Waals surface area contributed by atoms with Crippen LogP contribution in [0.15, 0.2) is 30.3 Å². The van der Waals surface area contributed by atoms with Crippen molar-refractivity contribution in [2.75, 3.05) is 6.61 Å². The van der Waals surface area contributed by atoms with Gasteiger partial charge in [-0.05, 0) is 5.56 Å². The van der Waals surface area contributed by atoms with E-state index in [2.05, 4.69) is 4.74 Å². The smallest absolute Gasteiger partial charge is 0.450 e. The van der Waals surface area contributed by atoms with Crippen LogP contribution in [0, 0.1) is 0 Å². The van der Waals surface area contributed by atoms with E-state index in [-0.39, 0.29) is 12.5 Å². The fourth-order valence-corrected chi connectivity index (χ4v) is 1.07. The summed E-state index contributed by atoms with van der Waals surface area (Å²) >= 11 is 0. The average Bonchev–Trinajstić information content (AvgIpc) is 2.15. The Morgan fingerprint density at radius 1 is 1.46 bits per heavy atom. The van der Waals surface area contributed by atoms with Gasteiger partial charge in [-0.3, -0.25) is 0 Å². The van der Waals surface area contributed by atoms with Crippen LogP contribution in [0.1, 0.15) is 18.4 Å². The van der Waals surface area contributed by atoms with Crippen molar-refractivity contribution < 1.29 is 14.6 Å². The van der Waals surface area contributed by atoms with Crippen molar-refractivity contribution in [1.29, 1.82) is 0 Å². The molecule has 3 nitrogen and oxygen atoms in total. The molecule has 1 atom stereocenters. The van der Waals surface area contributed by atoms with Gasteiger partial charge in [0.25, 0.3) is 0 Å². The number of carbonyl (C=O) groups is 1. The predicted octanol–water partition coefficient (Wildman–Crippen LogP) is 2.48. The number of benzene rings is 1. The summed E-state index contributed by atoms with van der Waals surface area (Å²) in [6.07, 6.45) is -1.22. The monoisotopic (exact) mass is 180 g/mol. The van der Waals surface area contributed by atoms with E-state index in [1.165, 1.54) is 0 Å². The van der Waals surface area contributed by atoms with Gasteiger partial charge in [0.05, 0.1) is 0 Å². The van der Waals surface area contributed by atoms with Gasteiger partial charge in [0.1, 0.15) is 6.61 Å². The highest BCUT2D eigenvalue weighted by atomic mass is 16.7. The third kappa shape index (κ3) is 3.15. The van der Waals surface area contributed by atoms with Crippen molar-refractivity contribution in [3.63, 3.8) is 0 Å². The molecule has 1 unspecified atom stereocenters. The fraction of sp³-hybridized carbons (Fsp3) is 0.300. The summed E-state index contributed by atoms with van der Waals surface area (Å²) in [6.45, 7) is 2.14. The highest BCUT2D eigenvalue weighted by Crippen LogP contribution is 2.14. The fourth-order valence-electron chi connectivity index (χ4n) is 1.07. The molecule has 0 spiro atoms. The first kappa shape index (κ1) is 9.58. The summed E-state index contributed by atoms with van der Waals surface area (Å²) in [5.74, 6) is 0.109. The molecule has 0 aliphatic heterocycles. The molecule has 13 heavy (non-hydrogen) atoms. The Morgan fingerprint density at radius 2 is 2.08 bits per heavy atom. The number of carboxylic acid groups (broad SMARTS) is 1. The third-order valence-corrected chi connectivity index (χ3v) is 1.83. The topological polar surface area (TPSA) is 46.5 Å². The number of hydrogen-bond donors (Lipinski definition) is 1. The Morgan fingerprint density at radius 3 is 2.62 bits per heavy atom. The van der Waals surface area contributed by atoms with Gasteiger partial charge >= 0.3 is 6.16 Å². The maximum atomic E-state index is 10.1. The Hall–Kier alpha value is -1.51. The van der Waals surface area contributed by atoms with Gasteiger partial charge in [0, 0.05) is 5.92 Å². The van der Waals surface area contributed by atoms with Crippen LogP contribution < -0.4 is 0 Å². The predicted molar refractivity (Wildman–Crippen MR) is 48.8 cm³/mol. The summed E-state index contributed by atoms with van der Waals surface area (Å²) < 4.78 is 4.47. The SMILES string of the molecule is CC(COC(=O)O)c1ccccc1. The highest BCUT2D eigenvalue weighted by molar-refractivity contribution is 5.56. The zero-order valence-corrected chi connectivity index (χ0v) is 7.43. The molecule has 0 bridgehead atoms. The van der Waals surface area contributed by atoms with Crippen molar-refractivity contribution in [3.05, 3.63) is 35.9 Å². The van der Waals surface area contributed by atoms with Crippen LogP contribution >= 0.6 is 0 Å².